The summed E-state index contributed by atoms with van der Waals surface area (Å²) in [5.41, 5.74) is 0.898. The maximum Gasteiger partial charge on any atom is 0.251 e. The number of anilines is 1. The van der Waals surface area contributed by atoms with Crippen LogP contribution in [0.5, 0.6) is 0 Å². The molecule has 1 amide bonds. The zero-order chi connectivity index (χ0) is 15.5. The Morgan fingerprint density at radius 1 is 1.38 bits per heavy atom. The van der Waals surface area contributed by atoms with Crippen molar-refractivity contribution in [1.29, 1.82) is 0 Å². The summed E-state index contributed by atoms with van der Waals surface area (Å²) in [6.45, 7) is 3.81. The van der Waals surface area contributed by atoms with Crippen molar-refractivity contribution >= 4 is 21.6 Å². The van der Waals surface area contributed by atoms with E-state index in [9.17, 15) is 13.2 Å². The van der Waals surface area contributed by atoms with Gasteiger partial charge in [-0.15, -0.1) is 0 Å². The SMILES string of the molecule is CCCS(=O)(=O)Nc1cccc(C(=O)NC(C)C2CC2)c1. The predicted octanol–water partition coefficient (Wildman–Crippen LogP) is 2.37. The van der Waals surface area contributed by atoms with Crippen molar-refractivity contribution in [3.8, 4) is 0 Å². The number of amides is 1. The molecule has 0 aliphatic heterocycles. The molecule has 0 bridgehead atoms. The van der Waals surface area contributed by atoms with E-state index in [4.69, 9.17) is 0 Å². The summed E-state index contributed by atoms with van der Waals surface area (Å²) in [7, 11) is -3.34. The van der Waals surface area contributed by atoms with Gasteiger partial charge in [-0.3, -0.25) is 9.52 Å². The van der Waals surface area contributed by atoms with Crippen LogP contribution in [0.15, 0.2) is 24.3 Å². The second-order valence-electron chi connectivity index (χ2n) is 5.60. The summed E-state index contributed by atoms with van der Waals surface area (Å²) < 4.78 is 26.0. The van der Waals surface area contributed by atoms with Crippen molar-refractivity contribution in [2.24, 2.45) is 5.92 Å². The third-order valence-corrected chi connectivity index (χ3v) is 5.05. The topological polar surface area (TPSA) is 75.3 Å². The summed E-state index contributed by atoms with van der Waals surface area (Å²) in [6, 6.07) is 6.75. The highest BCUT2D eigenvalue weighted by molar-refractivity contribution is 7.92. The standard InChI is InChI=1S/C15H22N2O3S/c1-3-9-21(19,20)17-14-6-4-5-13(10-14)15(18)16-11(2)12-7-8-12/h4-6,10-12,17H,3,7-9H2,1-2H3,(H,16,18). The molecule has 2 rings (SSSR count). The van der Waals surface area contributed by atoms with E-state index in [-0.39, 0.29) is 17.7 Å². The van der Waals surface area contributed by atoms with Gasteiger partial charge in [0.2, 0.25) is 10.0 Å². The van der Waals surface area contributed by atoms with E-state index < -0.39 is 10.0 Å². The van der Waals surface area contributed by atoms with Gasteiger partial charge in [-0.1, -0.05) is 13.0 Å². The monoisotopic (exact) mass is 310 g/mol. The fourth-order valence-electron chi connectivity index (χ4n) is 2.23. The number of carbonyl (C=O) groups is 1. The van der Waals surface area contributed by atoms with Gasteiger partial charge >= 0.3 is 0 Å². The molecule has 0 aromatic heterocycles. The molecule has 0 spiro atoms. The normalized spacial score (nSPS) is 16.3. The van der Waals surface area contributed by atoms with Crippen LogP contribution in [0.4, 0.5) is 5.69 Å². The Balaban J connectivity index is 2.04. The van der Waals surface area contributed by atoms with Gasteiger partial charge in [0.05, 0.1) is 5.75 Å². The number of hydrogen-bond acceptors (Lipinski definition) is 3. The molecule has 0 saturated heterocycles. The first kappa shape index (κ1) is 15.8. The Bertz CT molecular complexity index is 609. The number of hydrogen-bond donors (Lipinski definition) is 2. The first-order chi connectivity index (χ1) is 9.91. The second-order valence-corrected chi connectivity index (χ2v) is 7.44. The van der Waals surface area contributed by atoms with E-state index in [0.717, 1.165) is 12.8 Å². The summed E-state index contributed by atoms with van der Waals surface area (Å²) in [5.74, 6) is 0.494. The third kappa shape index (κ3) is 4.74. The summed E-state index contributed by atoms with van der Waals surface area (Å²) >= 11 is 0. The molecule has 0 heterocycles. The average Bonchev–Trinajstić information content (AvgIpc) is 3.22. The first-order valence-electron chi connectivity index (χ1n) is 7.32. The van der Waals surface area contributed by atoms with Crippen molar-refractivity contribution in [2.75, 3.05) is 10.5 Å². The van der Waals surface area contributed by atoms with Crippen LogP contribution < -0.4 is 10.0 Å². The number of rotatable bonds is 7. The molecule has 116 valence electrons. The zero-order valence-corrected chi connectivity index (χ0v) is 13.2. The first-order valence-corrected chi connectivity index (χ1v) is 8.98. The van der Waals surface area contributed by atoms with Crippen molar-refractivity contribution in [1.82, 2.24) is 5.32 Å². The minimum Gasteiger partial charge on any atom is -0.349 e. The Labute approximate surface area is 126 Å². The van der Waals surface area contributed by atoms with E-state index in [1.165, 1.54) is 0 Å². The molecule has 1 aliphatic rings. The lowest BCUT2D eigenvalue weighted by Gasteiger charge is -2.13. The molecule has 1 aromatic carbocycles. The fraction of sp³-hybridized carbons (Fsp3) is 0.533. The number of benzene rings is 1. The molecule has 6 heteroatoms. The number of sulfonamides is 1. The van der Waals surface area contributed by atoms with E-state index in [2.05, 4.69) is 10.0 Å². The van der Waals surface area contributed by atoms with Crippen LogP contribution >= 0.6 is 0 Å². The van der Waals surface area contributed by atoms with Crippen LogP contribution in [0.2, 0.25) is 0 Å². The molecule has 1 aromatic rings. The third-order valence-electron chi connectivity index (χ3n) is 3.56. The van der Waals surface area contributed by atoms with Crippen LogP contribution in [-0.2, 0) is 10.0 Å². The molecule has 21 heavy (non-hydrogen) atoms. The molecule has 5 nitrogen and oxygen atoms in total. The molecule has 1 atom stereocenters. The molecular formula is C15H22N2O3S. The van der Waals surface area contributed by atoms with Gasteiger partial charge < -0.3 is 5.32 Å². The molecule has 1 fully saturated rings. The lowest BCUT2D eigenvalue weighted by molar-refractivity contribution is 0.0936. The minimum absolute atomic E-state index is 0.0716. The lowest BCUT2D eigenvalue weighted by atomic mass is 10.1. The maximum atomic E-state index is 12.1. The summed E-state index contributed by atoms with van der Waals surface area (Å²) in [5, 5.41) is 2.96. The molecule has 2 N–H and O–H groups in total. The molecule has 0 radical (unpaired) electrons. The lowest BCUT2D eigenvalue weighted by Crippen LogP contribution is -2.34. The molecular weight excluding hydrogens is 288 g/mol. The number of carbonyl (C=O) groups excluding carboxylic acids is 1. The van der Waals surface area contributed by atoms with Gasteiger partial charge in [-0.2, -0.15) is 0 Å². The van der Waals surface area contributed by atoms with Gasteiger partial charge in [0.15, 0.2) is 0 Å². The zero-order valence-electron chi connectivity index (χ0n) is 12.4. The van der Waals surface area contributed by atoms with Crippen LogP contribution in [0.3, 0.4) is 0 Å². The Kier molecular flexibility index (Phi) is 4.88. The maximum absolute atomic E-state index is 12.1. The highest BCUT2D eigenvalue weighted by Crippen LogP contribution is 2.32. The fourth-order valence-corrected chi connectivity index (χ4v) is 3.35. The van der Waals surface area contributed by atoms with Crippen molar-refractivity contribution < 1.29 is 13.2 Å². The van der Waals surface area contributed by atoms with E-state index in [1.54, 1.807) is 24.3 Å². The largest absolute Gasteiger partial charge is 0.349 e. The van der Waals surface area contributed by atoms with E-state index in [1.807, 2.05) is 13.8 Å². The summed E-state index contributed by atoms with van der Waals surface area (Å²) in [4.78, 5) is 12.1. The van der Waals surface area contributed by atoms with Gasteiger partial charge in [0.25, 0.3) is 5.91 Å². The average molecular weight is 310 g/mol. The Hall–Kier alpha value is -1.56. The van der Waals surface area contributed by atoms with Gasteiger partial charge in [-0.25, -0.2) is 8.42 Å². The van der Waals surface area contributed by atoms with Crippen molar-refractivity contribution in [2.45, 2.75) is 39.2 Å². The van der Waals surface area contributed by atoms with Gasteiger partial charge in [0.1, 0.15) is 0 Å². The van der Waals surface area contributed by atoms with Gasteiger partial charge in [0, 0.05) is 17.3 Å². The highest BCUT2D eigenvalue weighted by atomic mass is 32.2. The molecule has 1 saturated carbocycles. The summed E-state index contributed by atoms with van der Waals surface area (Å²) in [6.07, 6.45) is 2.88. The van der Waals surface area contributed by atoms with E-state index in [0.29, 0.717) is 23.6 Å². The quantitative estimate of drug-likeness (QED) is 0.812. The molecule has 1 unspecified atom stereocenters. The highest BCUT2D eigenvalue weighted by Gasteiger charge is 2.29. The van der Waals surface area contributed by atoms with Crippen LogP contribution in [-0.4, -0.2) is 26.1 Å². The van der Waals surface area contributed by atoms with Crippen LogP contribution in [0, 0.1) is 5.92 Å². The van der Waals surface area contributed by atoms with Crippen LogP contribution in [0.25, 0.3) is 0 Å². The van der Waals surface area contributed by atoms with Gasteiger partial charge in [-0.05, 0) is 50.3 Å². The Morgan fingerprint density at radius 2 is 2.10 bits per heavy atom. The predicted molar refractivity (Wildman–Crippen MR) is 83.8 cm³/mol. The van der Waals surface area contributed by atoms with Crippen molar-refractivity contribution in [3.63, 3.8) is 0 Å². The van der Waals surface area contributed by atoms with Crippen LogP contribution in [0.1, 0.15) is 43.5 Å². The van der Waals surface area contributed by atoms with E-state index >= 15 is 0 Å². The Morgan fingerprint density at radius 3 is 2.71 bits per heavy atom. The molecule has 1 aliphatic carbocycles. The minimum atomic E-state index is -3.34. The smallest absolute Gasteiger partial charge is 0.251 e. The second kappa shape index (κ2) is 6.47. The number of nitrogens with one attached hydrogen (secondary N) is 2. The van der Waals surface area contributed by atoms with Crippen molar-refractivity contribution in [3.05, 3.63) is 29.8 Å².